The Morgan fingerprint density at radius 2 is 1.71 bits per heavy atom. The van der Waals surface area contributed by atoms with Crippen LogP contribution in [0.1, 0.15) is 26.7 Å². The van der Waals surface area contributed by atoms with Gasteiger partial charge in [0, 0.05) is 25.0 Å². The molecule has 0 unspecified atom stereocenters. The molecule has 0 saturated carbocycles. The van der Waals surface area contributed by atoms with E-state index < -0.39 is 17.8 Å². The van der Waals surface area contributed by atoms with Crippen molar-refractivity contribution in [1.82, 2.24) is 4.90 Å². The van der Waals surface area contributed by atoms with Gasteiger partial charge in [-0.1, -0.05) is 0 Å². The predicted octanol–water partition coefficient (Wildman–Crippen LogP) is -0.602. The lowest BCUT2D eigenvalue weighted by molar-refractivity contribution is -0.314. The molecule has 0 spiro atoms. The molecule has 0 aromatic carbocycles. The molecule has 2 heterocycles. The fraction of sp³-hybridized carbons (Fsp3) is 0.833. The maximum Gasteiger partial charge on any atom is 0.229 e. The van der Waals surface area contributed by atoms with E-state index in [4.69, 9.17) is 4.74 Å². The minimum atomic E-state index is -1.15. The lowest BCUT2D eigenvalue weighted by atomic mass is 9.78. The van der Waals surface area contributed by atoms with Crippen LogP contribution in [-0.4, -0.2) is 42.1 Å². The first-order valence-electron chi connectivity index (χ1n) is 6.25. The van der Waals surface area contributed by atoms with Crippen molar-refractivity contribution in [1.29, 1.82) is 0 Å². The molecule has 96 valence electrons. The maximum atomic E-state index is 12.3. The fourth-order valence-corrected chi connectivity index (χ4v) is 3.04. The summed E-state index contributed by atoms with van der Waals surface area (Å²) in [4.78, 5) is 25.1. The SMILES string of the molecule is CCN(CC)C(=O)[C@@H]1[C@@H](C(=O)[O-])[C@@H]2CC[C@H]1O2. The first kappa shape index (κ1) is 12.4. The Morgan fingerprint density at radius 3 is 2.18 bits per heavy atom. The molecule has 1 amide bonds. The molecule has 0 aromatic rings. The molecule has 2 aliphatic rings. The highest BCUT2D eigenvalue weighted by Crippen LogP contribution is 2.43. The number of carboxylic acid groups (broad SMARTS) is 1. The van der Waals surface area contributed by atoms with Crippen molar-refractivity contribution in [2.24, 2.45) is 11.8 Å². The molecule has 2 bridgehead atoms. The van der Waals surface area contributed by atoms with Gasteiger partial charge in [0.1, 0.15) is 0 Å². The topological polar surface area (TPSA) is 69.7 Å². The third-order valence-electron chi connectivity index (χ3n) is 3.91. The Hall–Kier alpha value is -1.10. The second kappa shape index (κ2) is 4.64. The van der Waals surface area contributed by atoms with Gasteiger partial charge in [0.25, 0.3) is 0 Å². The Kier molecular flexibility index (Phi) is 3.38. The molecule has 17 heavy (non-hydrogen) atoms. The van der Waals surface area contributed by atoms with Crippen molar-refractivity contribution < 1.29 is 19.4 Å². The van der Waals surface area contributed by atoms with Crippen molar-refractivity contribution in [2.45, 2.75) is 38.9 Å². The van der Waals surface area contributed by atoms with E-state index in [1.807, 2.05) is 13.8 Å². The number of hydrogen-bond donors (Lipinski definition) is 0. The number of rotatable bonds is 4. The minimum absolute atomic E-state index is 0.101. The zero-order chi connectivity index (χ0) is 12.6. The van der Waals surface area contributed by atoms with Crippen LogP contribution < -0.4 is 5.11 Å². The maximum absolute atomic E-state index is 12.3. The van der Waals surface area contributed by atoms with Crippen LogP contribution in [0.3, 0.4) is 0 Å². The quantitative estimate of drug-likeness (QED) is 0.658. The molecule has 5 heteroatoms. The van der Waals surface area contributed by atoms with Crippen molar-refractivity contribution in [3.8, 4) is 0 Å². The molecule has 4 atom stereocenters. The van der Waals surface area contributed by atoms with E-state index in [9.17, 15) is 14.7 Å². The highest BCUT2D eigenvalue weighted by Gasteiger charge is 2.53. The summed E-state index contributed by atoms with van der Waals surface area (Å²) in [5.74, 6) is -2.56. The van der Waals surface area contributed by atoms with Crippen molar-refractivity contribution >= 4 is 11.9 Å². The van der Waals surface area contributed by atoms with Gasteiger partial charge >= 0.3 is 0 Å². The van der Waals surface area contributed by atoms with Crippen molar-refractivity contribution in [3.63, 3.8) is 0 Å². The summed E-state index contributed by atoms with van der Waals surface area (Å²) in [7, 11) is 0. The zero-order valence-electron chi connectivity index (χ0n) is 10.2. The molecule has 2 fully saturated rings. The molecular weight excluding hydrogens is 222 g/mol. The van der Waals surface area contributed by atoms with E-state index >= 15 is 0 Å². The average molecular weight is 240 g/mol. The summed E-state index contributed by atoms with van der Waals surface area (Å²) in [6, 6.07) is 0. The van der Waals surface area contributed by atoms with Crippen LogP contribution in [0.15, 0.2) is 0 Å². The first-order chi connectivity index (χ1) is 8.10. The number of fused-ring (bicyclic) bond motifs is 2. The van der Waals surface area contributed by atoms with Gasteiger partial charge in [-0.05, 0) is 26.7 Å². The Balaban J connectivity index is 2.18. The van der Waals surface area contributed by atoms with Gasteiger partial charge in [0.05, 0.1) is 18.1 Å². The van der Waals surface area contributed by atoms with Crippen molar-refractivity contribution in [3.05, 3.63) is 0 Å². The Morgan fingerprint density at radius 1 is 1.18 bits per heavy atom. The van der Waals surface area contributed by atoms with E-state index in [0.29, 0.717) is 13.1 Å². The number of ether oxygens (including phenoxy) is 1. The van der Waals surface area contributed by atoms with Gasteiger partial charge in [0.15, 0.2) is 0 Å². The first-order valence-corrected chi connectivity index (χ1v) is 6.25. The molecule has 0 aliphatic carbocycles. The zero-order valence-corrected chi connectivity index (χ0v) is 10.2. The molecular formula is C12H18NO4-. The Bertz CT molecular complexity index is 326. The minimum Gasteiger partial charge on any atom is -0.550 e. The van der Waals surface area contributed by atoms with Crippen LogP contribution >= 0.6 is 0 Å². The van der Waals surface area contributed by atoms with Gasteiger partial charge in [-0.25, -0.2) is 0 Å². The largest absolute Gasteiger partial charge is 0.550 e. The average Bonchev–Trinajstić information content (AvgIpc) is 2.89. The van der Waals surface area contributed by atoms with Crippen LogP contribution in [0.2, 0.25) is 0 Å². The second-order valence-corrected chi connectivity index (χ2v) is 4.67. The van der Waals surface area contributed by atoms with Gasteiger partial charge in [-0.2, -0.15) is 0 Å². The summed E-state index contributed by atoms with van der Waals surface area (Å²) in [5, 5.41) is 11.1. The molecule has 2 rings (SSSR count). The molecule has 2 saturated heterocycles. The fourth-order valence-electron chi connectivity index (χ4n) is 3.04. The van der Waals surface area contributed by atoms with Gasteiger partial charge in [0.2, 0.25) is 5.91 Å². The molecule has 2 aliphatic heterocycles. The van der Waals surface area contributed by atoms with Gasteiger partial charge < -0.3 is 19.5 Å². The molecule has 0 N–H and O–H groups in total. The van der Waals surface area contributed by atoms with E-state index in [-0.39, 0.29) is 18.1 Å². The second-order valence-electron chi connectivity index (χ2n) is 4.67. The summed E-state index contributed by atoms with van der Waals surface area (Å²) >= 11 is 0. The number of aliphatic carboxylic acids is 1. The molecule has 5 nitrogen and oxygen atoms in total. The normalized spacial score (nSPS) is 34.9. The van der Waals surface area contributed by atoms with E-state index in [1.165, 1.54) is 0 Å². The predicted molar refractivity (Wildman–Crippen MR) is 57.8 cm³/mol. The molecule has 0 aromatic heterocycles. The van der Waals surface area contributed by atoms with E-state index in [2.05, 4.69) is 0 Å². The third-order valence-corrected chi connectivity index (χ3v) is 3.91. The number of carboxylic acids is 1. The lowest BCUT2D eigenvalue weighted by Crippen LogP contribution is -2.49. The van der Waals surface area contributed by atoms with Gasteiger partial charge in [-0.15, -0.1) is 0 Å². The summed E-state index contributed by atoms with van der Waals surface area (Å²) in [5.41, 5.74) is 0. The highest BCUT2D eigenvalue weighted by molar-refractivity contribution is 5.86. The van der Waals surface area contributed by atoms with Crippen LogP contribution in [0.4, 0.5) is 0 Å². The lowest BCUT2D eigenvalue weighted by Gasteiger charge is -2.31. The van der Waals surface area contributed by atoms with Crippen LogP contribution in [0.25, 0.3) is 0 Å². The third kappa shape index (κ3) is 1.92. The van der Waals surface area contributed by atoms with E-state index in [1.54, 1.807) is 4.90 Å². The number of nitrogens with zero attached hydrogens (tertiary/aromatic N) is 1. The van der Waals surface area contributed by atoms with Crippen LogP contribution in [0.5, 0.6) is 0 Å². The molecule has 0 radical (unpaired) electrons. The summed E-state index contributed by atoms with van der Waals surface area (Å²) in [6.45, 7) is 4.99. The summed E-state index contributed by atoms with van der Waals surface area (Å²) in [6.07, 6.45) is 0.961. The number of carbonyl (C=O) groups excluding carboxylic acids is 2. The van der Waals surface area contributed by atoms with Crippen molar-refractivity contribution in [2.75, 3.05) is 13.1 Å². The van der Waals surface area contributed by atoms with E-state index in [0.717, 1.165) is 12.8 Å². The van der Waals surface area contributed by atoms with Crippen LogP contribution in [0, 0.1) is 11.8 Å². The number of carbonyl (C=O) groups is 2. The summed E-state index contributed by atoms with van der Waals surface area (Å²) < 4.78 is 5.55. The smallest absolute Gasteiger partial charge is 0.229 e. The standard InChI is InChI=1S/C12H19NO4/c1-3-13(4-2)11(14)9-7-5-6-8(17-7)10(9)12(15)16/h7-10H,3-6H2,1-2H3,(H,15,16)/p-1/t7-,8+,9+,10+/m1/s1. The monoisotopic (exact) mass is 240 g/mol. The Labute approximate surface area is 101 Å². The highest BCUT2D eigenvalue weighted by atomic mass is 16.5. The number of hydrogen-bond acceptors (Lipinski definition) is 4. The van der Waals surface area contributed by atoms with Crippen LogP contribution in [-0.2, 0) is 14.3 Å². The number of amides is 1. The van der Waals surface area contributed by atoms with Gasteiger partial charge in [-0.3, -0.25) is 4.79 Å².